The van der Waals surface area contributed by atoms with Gasteiger partial charge in [0.15, 0.2) is 0 Å². The Hall–Kier alpha value is -0.700. The molecule has 14 heavy (non-hydrogen) atoms. The van der Waals surface area contributed by atoms with Crippen molar-refractivity contribution in [3.8, 4) is 0 Å². The Morgan fingerprint density at radius 2 is 2.21 bits per heavy atom. The van der Waals surface area contributed by atoms with Crippen LogP contribution in [-0.2, 0) is 18.4 Å². The van der Waals surface area contributed by atoms with Gasteiger partial charge in [-0.05, 0) is 12.8 Å². The van der Waals surface area contributed by atoms with Crippen molar-refractivity contribution in [2.45, 2.75) is 12.8 Å². The van der Waals surface area contributed by atoms with E-state index in [1.807, 2.05) is 0 Å². The van der Waals surface area contributed by atoms with E-state index in [0.29, 0.717) is 6.61 Å². The van der Waals surface area contributed by atoms with E-state index >= 15 is 0 Å². The molecule has 0 amide bonds. The highest BCUT2D eigenvalue weighted by Gasteiger charge is 2.13. The standard InChI is InChI=1S/C9H15O4P/c1-4-6-7-8-12-14(11-3)13-9(10)5-2/h4-5H,1-2,6-8H2,3H3. The Morgan fingerprint density at radius 1 is 1.50 bits per heavy atom. The van der Waals surface area contributed by atoms with E-state index in [-0.39, 0.29) is 0 Å². The van der Waals surface area contributed by atoms with Crippen LogP contribution in [0.25, 0.3) is 0 Å². The molecule has 0 spiro atoms. The summed E-state index contributed by atoms with van der Waals surface area (Å²) in [6, 6.07) is 0. The first-order valence-corrected chi connectivity index (χ1v) is 5.26. The minimum Gasteiger partial charge on any atom is -0.391 e. The van der Waals surface area contributed by atoms with Gasteiger partial charge in [-0.2, -0.15) is 0 Å². The summed E-state index contributed by atoms with van der Waals surface area (Å²) in [4.78, 5) is 10.8. The maximum Gasteiger partial charge on any atom is 0.399 e. The van der Waals surface area contributed by atoms with Crippen LogP contribution < -0.4 is 0 Å². The molecule has 80 valence electrons. The van der Waals surface area contributed by atoms with Crippen molar-refractivity contribution in [1.82, 2.24) is 0 Å². The molecule has 0 heterocycles. The maximum atomic E-state index is 10.8. The zero-order valence-electron chi connectivity index (χ0n) is 8.27. The van der Waals surface area contributed by atoms with Crippen LogP contribution in [0.15, 0.2) is 25.3 Å². The average molecular weight is 218 g/mol. The number of hydrogen-bond acceptors (Lipinski definition) is 4. The molecular weight excluding hydrogens is 203 g/mol. The van der Waals surface area contributed by atoms with Crippen molar-refractivity contribution in [2.75, 3.05) is 13.7 Å². The summed E-state index contributed by atoms with van der Waals surface area (Å²) < 4.78 is 14.8. The first-order valence-electron chi connectivity index (χ1n) is 4.17. The minimum atomic E-state index is -1.58. The quantitative estimate of drug-likeness (QED) is 0.272. The van der Waals surface area contributed by atoms with Crippen molar-refractivity contribution >= 4 is 14.6 Å². The molecule has 4 nitrogen and oxygen atoms in total. The van der Waals surface area contributed by atoms with Crippen LogP contribution >= 0.6 is 8.60 Å². The molecule has 0 rings (SSSR count). The molecule has 5 heteroatoms. The lowest BCUT2D eigenvalue weighted by Crippen LogP contribution is -2.00. The van der Waals surface area contributed by atoms with Crippen molar-refractivity contribution < 1.29 is 18.4 Å². The van der Waals surface area contributed by atoms with Gasteiger partial charge < -0.3 is 13.6 Å². The molecule has 1 atom stereocenters. The summed E-state index contributed by atoms with van der Waals surface area (Å²) in [5.74, 6) is -0.540. The summed E-state index contributed by atoms with van der Waals surface area (Å²) in [5, 5.41) is 0. The predicted molar refractivity (Wildman–Crippen MR) is 55.6 cm³/mol. The second-order valence-corrected chi connectivity index (χ2v) is 3.54. The van der Waals surface area contributed by atoms with E-state index in [9.17, 15) is 4.79 Å². The minimum absolute atomic E-state index is 0.482. The van der Waals surface area contributed by atoms with Gasteiger partial charge in [-0.25, -0.2) is 4.79 Å². The van der Waals surface area contributed by atoms with Crippen LogP contribution in [0.4, 0.5) is 0 Å². The monoisotopic (exact) mass is 218 g/mol. The first kappa shape index (κ1) is 13.3. The lowest BCUT2D eigenvalue weighted by molar-refractivity contribution is -0.129. The Morgan fingerprint density at radius 3 is 2.71 bits per heavy atom. The summed E-state index contributed by atoms with van der Waals surface area (Å²) >= 11 is 0. The highest BCUT2D eigenvalue weighted by molar-refractivity contribution is 7.42. The van der Waals surface area contributed by atoms with Crippen LogP contribution in [0, 0.1) is 0 Å². The predicted octanol–water partition coefficient (Wildman–Crippen LogP) is 2.57. The van der Waals surface area contributed by atoms with Crippen molar-refractivity contribution in [3.63, 3.8) is 0 Å². The number of carbonyl (C=O) groups excluding carboxylic acids is 1. The second kappa shape index (κ2) is 8.88. The number of allylic oxidation sites excluding steroid dienone is 1. The zero-order chi connectivity index (χ0) is 10.8. The third kappa shape index (κ3) is 6.78. The Labute approximate surface area is 85.5 Å². The van der Waals surface area contributed by atoms with Crippen molar-refractivity contribution in [3.05, 3.63) is 25.3 Å². The van der Waals surface area contributed by atoms with Gasteiger partial charge in [0, 0.05) is 13.2 Å². The fraction of sp³-hybridized carbons (Fsp3) is 0.444. The average Bonchev–Trinajstić information content (AvgIpc) is 2.22. The van der Waals surface area contributed by atoms with Gasteiger partial charge in [-0.15, -0.1) is 6.58 Å². The molecule has 0 fully saturated rings. The molecule has 0 aromatic rings. The fourth-order valence-electron chi connectivity index (χ4n) is 0.594. The zero-order valence-corrected chi connectivity index (χ0v) is 9.16. The SMILES string of the molecule is C=CCCCOP(OC)OC(=O)C=C. The van der Waals surface area contributed by atoms with Crippen LogP contribution in [0.5, 0.6) is 0 Å². The number of unbranched alkanes of at least 4 members (excludes halogenated alkanes) is 1. The molecule has 0 aliphatic rings. The molecule has 0 aliphatic carbocycles. The summed E-state index contributed by atoms with van der Waals surface area (Å²) in [7, 11) is -0.149. The third-order valence-corrected chi connectivity index (χ3v) is 2.25. The van der Waals surface area contributed by atoms with Gasteiger partial charge in [0.1, 0.15) is 0 Å². The van der Waals surface area contributed by atoms with Crippen LogP contribution in [0.2, 0.25) is 0 Å². The number of rotatable bonds is 8. The molecule has 0 saturated heterocycles. The van der Waals surface area contributed by atoms with Crippen molar-refractivity contribution in [1.29, 1.82) is 0 Å². The normalized spacial score (nSPS) is 11.8. The molecule has 0 N–H and O–H groups in total. The van der Waals surface area contributed by atoms with Gasteiger partial charge in [0.25, 0.3) is 0 Å². The topological polar surface area (TPSA) is 44.8 Å². The Kier molecular flexibility index (Phi) is 8.43. The molecule has 0 saturated carbocycles. The molecule has 0 bridgehead atoms. The van der Waals surface area contributed by atoms with Gasteiger partial charge in [-0.1, -0.05) is 12.7 Å². The van der Waals surface area contributed by atoms with E-state index < -0.39 is 14.6 Å². The molecular formula is C9H15O4P. The molecule has 0 aliphatic heterocycles. The number of carbonyl (C=O) groups is 1. The summed E-state index contributed by atoms with van der Waals surface area (Å²) in [5.41, 5.74) is 0. The Bertz CT molecular complexity index is 193. The highest BCUT2D eigenvalue weighted by atomic mass is 31.2. The molecule has 0 aromatic carbocycles. The number of hydrogen-bond donors (Lipinski definition) is 0. The summed E-state index contributed by atoms with van der Waals surface area (Å²) in [6.07, 6.45) is 4.56. The van der Waals surface area contributed by atoms with E-state index in [4.69, 9.17) is 13.6 Å². The largest absolute Gasteiger partial charge is 0.399 e. The lowest BCUT2D eigenvalue weighted by Gasteiger charge is -2.11. The smallest absolute Gasteiger partial charge is 0.391 e. The van der Waals surface area contributed by atoms with Gasteiger partial charge in [0.2, 0.25) is 0 Å². The van der Waals surface area contributed by atoms with E-state index in [1.54, 1.807) is 6.08 Å². The van der Waals surface area contributed by atoms with Gasteiger partial charge in [-0.3, -0.25) is 0 Å². The van der Waals surface area contributed by atoms with Crippen LogP contribution in [0.3, 0.4) is 0 Å². The highest BCUT2D eigenvalue weighted by Crippen LogP contribution is 2.38. The molecule has 0 radical (unpaired) electrons. The van der Waals surface area contributed by atoms with E-state index in [2.05, 4.69) is 13.2 Å². The van der Waals surface area contributed by atoms with Crippen LogP contribution in [0.1, 0.15) is 12.8 Å². The first-order chi connectivity index (χ1) is 6.74. The van der Waals surface area contributed by atoms with Crippen LogP contribution in [-0.4, -0.2) is 19.7 Å². The summed E-state index contributed by atoms with van der Waals surface area (Å²) in [6.45, 7) is 7.33. The van der Waals surface area contributed by atoms with E-state index in [0.717, 1.165) is 18.9 Å². The molecule has 1 unspecified atom stereocenters. The Balaban J connectivity index is 3.62. The second-order valence-electron chi connectivity index (χ2n) is 2.28. The maximum absolute atomic E-state index is 10.8. The van der Waals surface area contributed by atoms with E-state index in [1.165, 1.54) is 7.11 Å². The van der Waals surface area contributed by atoms with Gasteiger partial charge >= 0.3 is 14.6 Å². The molecule has 0 aromatic heterocycles. The van der Waals surface area contributed by atoms with Gasteiger partial charge in [0.05, 0.1) is 6.61 Å². The lowest BCUT2D eigenvalue weighted by atomic mass is 10.3. The third-order valence-electron chi connectivity index (χ3n) is 1.23. The fourth-order valence-corrected chi connectivity index (χ4v) is 1.33. The van der Waals surface area contributed by atoms with Crippen molar-refractivity contribution in [2.24, 2.45) is 0 Å².